The highest BCUT2D eigenvalue weighted by atomic mass is 16.5. The molecule has 0 saturated heterocycles. The lowest BCUT2D eigenvalue weighted by Gasteiger charge is -2.22. The van der Waals surface area contributed by atoms with Gasteiger partial charge in [0.25, 0.3) is 11.8 Å². The van der Waals surface area contributed by atoms with Crippen LogP contribution in [0.1, 0.15) is 33.9 Å². The number of primary amides is 1. The summed E-state index contributed by atoms with van der Waals surface area (Å²) in [7, 11) is 1.61. The van der Waals surface area contributed by atoms with E-state index in [-0.39, 0.29) is 29.9 Å². The van der Waals surface area contributed by atoms with Gasteiger partial charge in [0, 0.05) is 6.42 Å². The molecule has 4 rings (SSSR count). The highest BCUT2D eigenvalue weighted by Crippen LogP contribution is 2.33. The number of nitrogens with zero attached hydrogens (tertiary/aromatic N) is 2. The summed E-state index contributed by atoms with van der Waals surface area (Å²) in [5, 5.41) is 6.08. The van der Waals surface area contributed by atoms with Gasteiger partial charge in [-0.3, -0.25) is 9.59 Å². The van der Waals surface area contributed by atoms with Crippen LogP contribution in [0.2, 0.25) is 0 Å². The first kappa shape index (κ1) is 21.1. The molecule has 2 N–H and O–H groups in total. The van der Waals surface area contributed by atoms with Gasteiger partial charge in [0.05, 0.1) is 24.4 Å². The van der Waals surface area contributed by atoms with E-state index in [4.69, 9.17) is 15.2 Å². The van der Waals surface area contributed by atoms with Crippen molar-refractivity contribution in [3.63, 3.8) is 0 Å². The van der Waals surface area contributed by atoms with Crippen molar-refractivity contribution in [3.05, 3.63) is 95.6 Å². The predicted molar refractivity (Wildman–Crippen MR) is 121 cm³/mol. The fourth-order valence-corrected chi connectivity index (χ4v) is 3.63. The van der Waals surface area contributed by atoms with Crippen LogP contribution in [0.4, 0.5) is 0 Å². The Labute approximate surface area is 186 Å². The molecular formula is C25H23N3O4. The monoisotopic (exact) mass is 429 g/mol. The molecule has 1 aliphatic rings. The molecule has 0 unspecified atom stereocenters. The van der Waals surface area contributed by atoms with Crippen molar-refractivity contribution in [3.8, 4) is 11.5 Å². The van der Waals surface area contributed by atoms with Gasteiger partial charge in [-0.15, -0.1) is 0 Å². The van der Waals surface area contributed by atoms with Gasteiger partial charge >= 0.3 is 0 Å². The van der Waals surface area contributed by atoms with E-state index in [1.54, 1.807) is 31.4 Å². The third-order valence-corrected chi connectivity index (χ3v) is 5.28. The van der Waals surface area contributed by atoms with Crippen molar-refractivity contribution in [1.29, 1.82) is 0 Å². The second-order valence-electron chi connectivity index (χ2n) is 7.29. The number of carbonyl (C=O) groups excluding carboxylic acids is 2. The maximum atomic E-state index is 13.1. The fraction of sp³-hybridized carbons (Fsp3) is 0.160. The Morgan fingerprint density at radius 3 is 2.38 bits per heavy atom. The summed E-state index contributed by atoms with van der Waals surface area (Å²) in [6.07, 6.45) is 0.569. The molecule has 2 amide bonds. The average molecular weight is 429 g/mol. The molecule has 1 heterocycles. The molecule has 0 saturated carbocycles. The van der Waals surface area contributed by atoms with Gasteiger partial charge in [-0.05, 0) is 35.4 Å². The number of rotatable bonds is 7. The number of hydrazone groups is 1. The summed E-state index contributed by atoms with van der Waals surface area (Å²) in [6.45, 7) is -0.275. The molecule has 7 heteroatoms. The number of ether oxygens (including phenoxy) is 2. The number of carbonyl (C=O) groups is 2. The van der Waals surface area contributed by atoms with Gasteiger partial charge in [-0.2, -0.15) is 5.10 Å². The van der Waals surface area contributed by atoms with Crippen molar-refractivity contribution in [2.75, 3.05) is 13.7 Å². The van der Waals surface area contributed by atoms with Crippen molar-refractivity contribution < 1.29 is 19.1 Å². The van der Waals surface area contributed by atoms with Crippen LogP contribution < -0.4 is 15.2 Å². The van der Waals surface area contributed by atoms with Crippen LogP contribution in [-0.4, -0.2) is 36.3 Å². The van der Waals surface area contributed by atoms with E-state index in [9.17, 15) is 9.59 Å². The largest absolute Gasteiger partial charge is 0.497 e. The average Bonchev–Trinajstić information content (AvgIpc) is 3.29. The van der Waals surface area contributed by atoms with E-state index >= 15 is 0 Å². The molecular weight excluding hydrogens is 406 g/mol. The van der Waals surface area contributed by atoms with E-state index in [0.717, 1.165) is 22.6 Å². The Bertz CT molecular complexity index is 1140. The highest BCUT2D eigenvalue weighted by molar-refractivity contribution is 6.03. The molecule has 1 aliphatic heterocycles. The minimum Gasteiger partial charge on any atom is -0.497 e. The second-order valence-corrected chi connectivity index (χ2v) is 7.29. The summed E-state index contributed by atoms with van der Waals surface area (Å²) in [5.74, 6) is 0.0618. The lowest BCUT2D eigenvalue weighted by atomic mass is 9.98. The lowest BCUT2D eigenvalue weighted by molar-refractivity contribution is -0.135. The van der Waals surface area contributed by atoms with Crippen molar-refractivity contribution in [2.24, 2.45) is 10.8 Å². The van der Waals surface area contributed by atoms with E-state index in [1.165, 1.54) is 5.01 Å². The van der Waals surface area contributed by atoms with Crippen LogP contribution in [0, 0.1) is 0 Å². The standard InChI is InChI=1S/C25H23N3O4/c1-31-19-13-11-18(12-14-19)22-15-21(17-7-3-2-4-8-17)27-28(22)24(29)16-32-23-10-6-5-9-20(23)25(26)30/h2-14,22H,15-16H2,1H3,(H2,26,30)/t22-/m1/s1. The fourth-order valence-electron chi connectivity index (χ4n) is 3.63. The Morgan fingerprint density at radius 2 is 1.69 bits per heavy atom. The molecule has 0 radical (unpaired) electrons. The summed E-state index contributed by atoms with van der Waals surface area (Å²) >= 11 is 0. The topological polar surface area (TPSA) is 94.2 Å². The first-order chi connectivity index (χ1) is 15.6. The molecule has 0 spiro atoms. The van der Waals surface area contributed by atoms with E-state index in [1.807, 2.05) is 54.6 Å². The zero-order valence-corrected chi connectivity index (χ0v) is 17.6. The minimum atomic E-state index is -0.616. The number of benzene rings is 3. The number of para-hydroxylation sites is 1. The SMILES string of the molecule is COc1ccc([C@H]2CC(c3ccccc3)=NN2C(=O)COc2ccccc2C(N)=O)cc1. The molecule has 3 aromatic carbocycles. The molecule has 7 nitrogen and oxygen atoms in total. The Morgan fingerprint density at radius 1 is 1.00 bits per heavy atom. The smallest absolute Gasteiger partial charge is 0.281 e. The van der Waals surface area contributed by atoms with Crippen molar-refractivity contribution >= 4 is 17.5 Å². The second kappa shape index (κ2) is 9.34. The Hall–Kier alpha value is -4.13. The number of hydrogen-bond donors (Lipinski definition) is 1. The summed E-state index contributed by atoms with van der Waals surface area (Å²) < 4.78 is 10.9. The van der Waals surface area contributed by atoms with E-state index in [2.05, 4.69) is 5.10 Å². The quantitative estimate of drug-likeness (QED) is 0.621. The van der Waals surface area contributed by atoms with Crippen LogP contribution in [0.3, 0.4) is 0 Å². The van der Waals surface area contributed by atoms with Crippen LogP contribution in [0.15, 0.2) is 84.0 Å². The minimum absolute atomic E-state index is 0.224. The molecule has 3 aromatic rings. The van der Waals surface area contributed by atoms with Gasteiger partial charge in [0.1, 0.15) is 11.5 Å². The molecule has 0 bridgehead atoms. The van der Waals surface area contributed by atoms with Gasteiger partial charge in [-0.25, -0.2) is 5.01 Å². The maximum absolute atomic E-state index is 13.1. The van der Waals surface area contributed by atoms with Crippen molar-refractivity contribution in [1.82, 2.24) is 5.01 Å². The molecule has 0 aromatic heterocycles. The molecule has 162 valence electrons. The third kappa shape index (κ3) is 4.46. The Balaban J connectivity index is 1.58. The van der Waals surface area contributed by atoms with Crippen molar-refractivity contribution in [2.45, 2.75) is 12.5 Å². The zero-order chi connectivity index (χ0) is 22.5. The normalized spacial score (nSPS) is 15.2. The van der Waals surface area contributed by atoms with Gasteiger partial charge in [-0.1, -0.05) is 54.6 Å². The summed E-state index contributed by atoms with van der Waals surface area (Å²) in [6, 6.07) is 23.6. The number of amides is 2. The van der Waals surface area contributed by atoms with E-state index < -0.39 is 5.91 Å². The molecule has 1 atom stereocenters. The van der Waals surface area contributed by atoms with Crippen LogP contribution in [0.5, 0.6) is 11.5 Å². The summed E-state index contributed by atoms with van der Waals surface area (Å²) in [4.78, 5) is 24.8. The predicted octanol–water partition coefficient (Wildman–Crippen LogP) is 3.55. The third-order valence-electron chi connectivity index (χ3n) is 5.28. The number of nitrogens with two attached hydrogens (primary N) is 1. The summed E-state index contributed by atoms with van der Waals surface area (Å²) in [5.41, 5.74) is 8.34. The van der Waals surface area contributed by atoms with Crippen LogP contribution in [0.25, 0.3) is 0 Å². The Kier molecular flexibility index (Phi) is 6.17. The zero-order valence-electron chi connectivity index (χ0n) is 17.6. The lowest BCUT2D eigenvalue weighted by Crippen LogP contribution is -2.31. The van der Waals surface area contributed by atoms with Crippen LogP contribution >= 0.6 is 0 Å². The molecule has 0 fully saturated rings. The van der Waals surface area contributed by atoms with Gasteiger partial charge in [0.15, 0.2) is 6.61 Å². The van der Waals surface area contributed by atoms with E-state index in [0.29, 0.717) is 6.42 Å². The number of hydrogen-bond acceptors (Lipinski definition) is 5. The first-order valence-electron chi connectivity index (χ1n) is 10.2. The van der Waals surface area contributed by atoms with Gasteiger partial charge < -0.3 is 15.2 Å². The maximum Gasteiger partial charge on any atom is 0.281 e. The number of methoxy groups -OCH3 is 1. The van der Waals surface area contributed by atoms with Gasteiger partial charge in [0.2, 0.25) is 0 Å². The highest BCUT2D eigenvalue weighted by Gasteiger charge is 2.33. The van der Waals surface area contributed by atoms with Crippen LogP contribution in [-0.2, 0) is 4.79 Å². The first-order valence-corrected chi connectivity index (χ1v) is 10.2. The molecule has 0 aliphatic carbocycles. The molecule has 32 heavy (non-hydrogen) atoms.